The van der Waals surface area contributed by atoms with Gasteiger partial charge in [-0.1, -0.05) is 56.1 Å². The van der Waals surface area contributed by atoms with E-state index in [0.717, 1.165) is 20.1 Å². The molecule has 0 spiro atoms. The van der Waals surface area contributed by atoms with Crippen molar-refractivity contribution in [1.29, 1.82) is 0 Å². The Kier molecular flexibility index (Phi) is 4.29. The van der Waals surface area contributed by atoms with Crippen molar-refractivity contribution >= 4 is 43.5 Å². The van der Waals surface area contributed by atoms with E-state index in [9.17, 15) is 0 Å². The van der Waals surface area contributed by atoms with Crippen molar-refractivity contribution in [2.24, 2.45) is 0 Å². The largest absolute Gasteiger partial charge is 0.113 e. The maximum atomic E-state index is 6.56. The summed E-state index contributed by atoms with van der Waals surface area (Å²) >= 11 is 13.6. The smallest absolute Gasteiger partial charge is 0.0849 e. The molecule has 0 amide bonds. The maximum absolute atomic E-state index is 6.56. The number of benzene rings is 2. The van der Waals surface area contributed by atoms with Crippen LogP contribution in [0.3, 0.4) is 0 Å². The number of hydrogen-bond acceptors (Lipinski definition) is 0. The van der Waals surface area contributed by atoms with E-state index in [1.807, 2.05) is 30.3 Å². The van der Waals surface area contributed by atoms with Crippen LogP contribution >= 0.6 is 43.5 Å². The second-order valence-electron chi connectivity index (χ2n) is 3.88. The molecule has 0 aliphatic rings. The lowest BCUT2D eigenvalue weighted by atomic mass is 10.0. The van der Waals surface area contributed by atoms with Gasteiger partial charge in [0.15, 0.2) is 0 Å². The molecule has 1 atom stereocenters. The van der Waals surface area contributed by atoms with Gasteiger partial charge in [0.25, 0.3) is 0 Å². The molecule has 2 rings (SSSR count). The number of aryl methyl sites for hydroxylation is 1. The molecule has 0 aliphatic heterocycles. The summed E-state index contributed by atoms with van der Waals surface area (Å²) in [7, 11) is 0. The number of hydrogen-bond donors (Lipinski definition) is 0. The standard InChI is InChI=1S/C14H11Br2Cl/c1-9-4-2-3-5-11(9)14(17)12-8-10(15)6-7-13(12)16/h2-8,14H,1H3. The predicted octanol–water partition coefficient (Wildman–Crippen LogP) is 5.85. The summed E-state index contributed by atoms with van der Waals surface area (Å²) in [4.78, 5) is 0. The monoisotopic (exact) mass is 372 g/mol. The number of rotatable bonds is 2. The summed E-state index contributed by atoms with van der Waals surface area (Å²) in [5.74, 6) is 0. The summed E-state index contributed by atoms with van der Waals surface area (Å²) < 4.78 is 2.07. The van der Waals surface area contributed by atoms with Crippen LogP contribution in [-0.4, -0.2) is 0 Å². The van der Waals surface area contributed by atoms with Crippen molar-refractivity contribution in [3.8, 4) is 0 Å². The zero-order chi connectivity index (χ0) is 12.4. The molecular formula is C14H11Br2Cl. The van der Waals surface area contributed by atoms with Crippen LogP contribution in [0, 0.1) is 6.92 Å². The van der Waals surface area contributed by atoms with E-state index in [4.69, 9.17) is 11.6 Å². The van der Waals surface area contributed by atoms with Gasteiger partial charge in [-0.3, -0.25) is 0 Å². The van der Waals surface area contributed by atoms with Crippen LogP contribution in [0.15, 0.2) is 51.4 Å². The third kappa shape index (κ3) is 2.93. The van der Waals surface area contributed by atoms with Crippen LogP contribution in [0.1, 0.15) is 22.1 Å². The third-order valence-electron chi connectivity index (χ3n) is 2.69. The summed E-state index contributed by atoms with van der Waals surface area (Å²) in [6.45, 7) is 2.08. The highest BCUT2D eigenvalue weighted by molar-refractivity contribution is 9.11. The molecule has 3 heteroatoms. The van der Waals surface area contributed by atoms with E-state index >= 15 is 0 Å². The molecule has 0 aliphatic carbocycles. The van der Waals surface area contributed by atoms with E-state index in [1.165, 1.54) is 5.56 Å². The van der Waals surface area contributed by atoms with Crippen molar-refractivity contribution in [1.82, 2.24) is 0 Å². The van der Waals surface area contributed by atoms with Gasteiger partial charge in [0.2, 0.25) is 0 Å². The first-order valence-electron chi connectivity index (χ1n) is 5.24. The van der Waals surface area contributed by atoms with Gasteiger partial charge in [0.05, 0.1) is 5.38 Å². The second kappa shape index (κ2) is 5.55. The van der Waals surface area contributed by atoms with Gasteiger partial charge in [-0.2, -0.15) is 0 Å². The van der Waals surface area contributed by atoms with Crippen molar-refractivity contribution < 1.29 is 0 Å². The lowest BCUT2D eigenvalue weighted by Crippen LogP contribution is -1.97. The number of halogens is 3. The average Bonchev–Trinajstić information content (AvgIpc) is 2.32. The molecule has 0 radical (unpaired) electrons. The van der Waals surface area contributed by atoms with Gasteiger partial charge in [0.1, 0.15) is 0 Å². The zero-order valence-corrected chi connectivity index (χ0v) is 13.2. The van der Waals surface area contributed by atoms with Crippen molar-refractivity contribution in [3.63, 3.8) is 0 Å². The van der Waals surface area contributed by atoms with Crippen molar-refractivity contribution in [2.45, 2.75) is 12.3 Å². The molecule has 88 valence electrons. The Labute approximate surface area is 123 Å². The molecule has 0 heterocycles. The highest BCUT2D eigenvalue weighted by Crippen LogP contribution is 2.36. The van der Waals surface area contributed by atoms with Crippen LogP contribution in [0.2, 0.25) is 0 Å². The summed E-state index contributed by atoms with van der Waals surface area (Å²) in [5.41, 5.74) is 3.43. The van der Waals surface area contributed by atoms with Gasteiger partial charge in [-0.05, 0) is 41.8 Å². The SMILES string of the molecule is Cc1ccccc1C(Cl)c1cc(Br)ccc1Br. The highest BCUT2D eigenvalue weighted by atomic mass is 79.9. The molecule has 2 aromatic rings. The van der Waals surface area contributed by atoms with Crippen LogP contribution in [-0.2, 0) is 0 Å². The van der Waals surface area contributed by atoms with E-state index < -0.39 is 0 Å². The van der Waals surface area contributed by atoms with E-state index in [-0.39, 0.29) is 5.38 Å². The molecule has 0 saturated carbocycles. The summed E-state index contributed by atoms with van der Waals surface area (Å²) in [6, 6.07) is 14.2. The molecule has 0 saturated heterocycles. The van der Waals surface area contributed by atoms with Crippen molar-refractivity contribution in [2.75, 3.05) is 0 Å². The molecular weight excluding hydrogens is 363 g/mol. The predicted molar refractivity (Wildman–Crippen MR) is 80.7 cm³/mol. The van der Waals surface area contributed by atoms with E-state index in [0.29, 0.717) is 0 Å². The van der Waals surface area contributed by atoms with Crippen LogP contribution < -0.4 is 0 Å². The van der Waals surface area contributed by atoms with Crippen LogP contribution in [0.5, 0.6) is 0 Å². The minimum atomic E-state index is -0.136. The summed E-state index contributed by atoms with van der Waals surface area (Å²) in [5, 5.41) is -0.136. The fourth-order valence-electron chi connectivity index (χ4n) is 1.75. The van der Waals surface area contributed by atoms with E-state index in [1.54, 1.807) is 0 Å². The first-order chi connectivity index (χ1) is 8.09. The van der Waals surface area contributed by atoms with Crippen LogP contribution in [0.4, 0.5) is 0 Å². The van der Waals surface area contributed by atoms with Crippen molar-refractivity contribution in [3.05, 3.63) is 68.1 Å². The first kappa shape index (κ1) is 13.1. The summed E-state index contributed by atoms with van der Waals surface area (Å²) in [6.07, 6.45) is 0. The molecule has 2 aromatic carbocycles. The van der Waals surface area contributed by atoms with Crippen LogP contribution in [0.25, 0.3) is 0 Å². The average molecular weight is 375 g/mol. The maximum Gasteiger partial charge on any atom is 0.0849 e. The second-order valence-corrected chi connectivity index (χ2v) is 6.09. The topological polar surface area (TPSA) is 0 Å². The Morgan fingerprint density at radius 3 is 2.41 bits per heavy atom. The minimum Gasteiger partial charge on any atom is -0.113 e. The minimum absolute atomic E-state index is 0.136. The quantitative estimate of drug-likeness (QED) is 0.579. The van der Waals surface area contributed by atoms with E-state index in [2.05, 4.69) is 50.9 Å². The fourth-order valence-corrected chi connectivity index (χ4v) is 3.16. The first-order valence-corrected chi connectivity index (χ1v) is 7.26. The Morgan fingerprint density at radius 1 is 1.00 bits per heavy atom. The normalized spacial score (nSPS) is 12.5. The zero-order valence-electron chi connectivity index (χ0n) is 9.25. The Balaban J connectivity index is 2.47. The molecule has 0 bridgehead atoms. The molecule has 0 nitrogen and oxygen atoms in total. The number of alkyl halides is 1. The Morgan fingerprint density at radius 2 is 1.71 bits per heavy atom. The van der Waals surface area contributed by atoms with Gasteiger partial charge < -0.3 is 0 Å². The Bertz CT molecular complexity index is 537. The highest BCUT2D eigenvalue weighted by Gasteiger charge is 2.15. The van der Waals surface area contributed by atoms with Gasteiger partial charge >= 0.3 is 0 Å². The Hall–Kier alpha value is -0.310. The third-order valence-corrected chi connectivity index (χ3v) is 4.38. The van der Waals surface area contributed by atoms with Gasteiger partial charge in [0, 0.05) is 8.95 Å². The molecule has 0 N–H and O–H groups in total. The van der Waals surface area contributed by atoms with Gasteiger partial charge in [-0.25, -0.2) is 0 Å². The fraction of sp³-hybridized carbons (Fsp3) is 0.143. The molecule has 17 heavy (non-hydrogen) atoms. The van der Waals surface area contributed by atoms with Gasteiger partial charge in [-0.15, -0.1) is 11.6 Å². The lowest BCUT2D eigenvalue weighted by Gasteiger charge is -2.15. The lowest BCUT2D eigenvalue weighted by molar-refractivity contribution is 1.10. The molecule has 0 aromatic heterocycles. The molecule has 0 fully saturated rings. The molecule has 1 unspecified atom stereocenters.